The molecule has 4 heteroatoms. The van der Waals surface area contributed by atoms with Crippen LogP contribution in [0.1, 0.15) is 32.6 Å². The van der Waals surface area contributed by atoms with Gasteiger partial charge in [-0.25, -0.2) is 4.39 Å². The van der Waals surface area contributed by atoms with E-state index in [1.807, 2.05) is 0 Å². The number of benzene rings is 1. The maximum atomic E-state index is 13.4. The number of rotatable bonds is 2. The first-order valence-corrected chi connectivity index (χ1v) is 7.42. The molecule has 0 spiro atoms. The zero-order chi connectivity index (χ0) is 13.4. The van der Waals surface area contributed by atoms with Crippen LogP contribution in [0.15, 0.2) is 18.2 Å². The Balaban J connectivity index is 1.90. The molecule has 0 radical (unpaired) electrons. The molecule has 1 heterocycles. The molecule has 102 valence electrons. The largest absolute Gasteiger partial charge is 0.331 e. The Morgan fingerprint density at radius 1 is 1.32 bits per heavy atom. The molecule has 2 aromatic rings. The number of H-pyrrole nitrogens is 1. The van der Waals surface area contributed by atoms with E-state index in [2.05, 4.69) is 16.5 Å². The number of aromatic nitrogens is 2. The van der Waals surface area contributed by atoms with Crippen LogP contribution in [0.3, 0.4) is 0 Å². The third-order valence-electron chi connectivity index (χ3n) is 4.31. The summed E-state index contributed by atoms with van der Waals surface area (Å²) in [5.41, 5.74) is 1.82. The molecule has 0 aliphatic heterocycles. The fourth-order valence-electron chi connectivity index (χ4n) is 3.08. The third-order valence-corrected chi connectivity index (χ3v) is 4.64. The van der Waals surface area contributed by atoms with E-state index in [-0.39, 0.29) is 5.82 Å². The second-order valence-corrected chi connectivity index (χ2v) is 6.21. The minimum absolute atomic E-state index is 0.201. The van der Waals surface area contributed by atoms with Gasteiger partial charge in [0, 0.05) is 6.54 Å². The summed E-state index contributed by atoms with van der Waals surface area (Å²) in [7, 11) is 0. The van der Waals surface area contributed by atoms with E-state index < -0.39 is 0 Å². The van der Waals surface area contributed by atoms with Gasteiger partial charge in [-0.15, -0.1) is 0 Å². The molecule has 1 fully saturated rings. The smallest absolute Gasteiger partial charge is 0.178 e. The Morgan fingerprint density at radius 2 is 2.05 bits per heavy atom. The number of nitrogens with zero attached hydrogens (tertiary/aromatic N) is 1. The average molecular weight is 278 g/mol. The van der Waals surface area contributed by atoms with Crippen molar-refractivity contribution in [3.05, 3.63) is 28.8 Å². The second-order valence-electron chi connectivity index (χ2n) is 5.83. The van der Waals surface area contributed by atoms with Crippen LogP contribution in [-0.2, 0) is 6.54 Å². The first-order chi connectivity index (χ1) is 9.13. The Hall–Kier alpha value is -1.16. The summed E-state index contributed by atoms with van der Waals surface area (Å²) >= 11 is 5.37. The fourth-order valence-corrected chi connectivity index (χ4v) is 3.36. The summed E-state index contributed by atoms with van der Waals surface area (Å²) in [6, 6.07) is 4.81. The Morgan fingerprint density at radius 3 is 2.79 bits per heavy atom. The molecule has 19 heavy (non-hydrogen) atoms. The van der Waals surface area contributed by atoms with Crippen molar-refractivity contribution in [1.82, 2.24) is 9.55 Å². The lowest BCUT2D eigenvalue weighted by atomic mass is 9.83. The van der Waals surface area contributed by atoms with Crippen molar-refractivity contribution in [2.75, 3.05) is 0 Å². The average Bonchev–Trinajstić information content (AvgIpc) is 2.69. The molecule has 0 amide bonds. The topological polar surface area (TPSA) is 20.7 Å². The molecule has 0 unspecified atom stereocenters. The number of hydrogen-bond acceptors (Lipinski definition) is 1. The number of imidazole rings is 1. The highest BCUT2D eigenvalue weighted by atomic mass is 32.1. The lowest BCUT2D eigenvalue weighted by Crippen LogP contribution is -2.17. The quantitative estimate of drug-likeness (QED) is 0.792. The lowest BCUT2D eigenvalue weighted by molar-refractivity contribution is 0.266. The van der Waals surface area contributed by atoms with Gasteiger partial charge in [-0.1, -0.05) is 19.8 Å². The number of aromatic amines is 1. The van der Waals surface area contributed by atoms with E-state index in [1.54, 1.807) is 12.1 Å². The zero-order valence-corrected chi connectivity index (χ0v) is 12.0. The summed E-state index contributed by atoms with van der Waals surface area (Å²) in [5.74, 6) is 1.32. The van der Waals surface area contributed by atoms with Crippen LogP contribution in [0.25, 0.3) is 11.0 Å². The minimum Gasteiger partial charge on any atom is -0.331 e. The van der Waals surface area contributed by atoms with Gasteiger partial charge in [0.1, 0.15) is 5.82 Å². The van der Waals surface area contributed by atoms with E-state index in [0.29, 0.717) is 10.7 Å². The molecule has 1 aromatic carbocycles. The number of nitrogens with one attached hydrogen (secondary N) is 1. The molecular formula is C15H19FN2S. The predicted molar refractivity (Wildman–Crippen MR) is 78.2 cm³/mol. The molecule has 1 aliphatic rings. The van der Waals surface area contributed by atoms with E-state index >= 15 is 0 Å². The summed E-state index contributed by atoms with van der Waals surface area (Å²) in [4.78, 5) is 3.16. The first-order valence-electron chi connectivity index (χ1n) is 7.01. The fraction of sp³-hybridized carbons (Fsp3) is 0.533. The monoisotopic (exact) mass is 278 g/mol. The standard InChI is InChI=1S/C15H19FN2S/c1-10-2-4-11(5-3-10)9-18-14-8-12(16)6-7-13(14)17-15(18)19/h6-8,10-11H,2-5,9H2,1H3,(H,17,19). The van der Waals surface area contributed by atoms with Gasteiger partial charge in [0.25, 0.3) is 0 Å². The summed E-state index contributed by atoms with van der Waals surface area (Å²) in [5, 5.41) is 0. The first kappa shape index (κ1) is 12.9. The number of hydrogen-bond donors (Lipinski definition) is 1. The Labute approximate surface area is 117 Å². The Bertz CT molecular complexity index is 635. The third kappa shape index (κ3) is 2.59. The second kappa shape index (κ2) is 5.08. The summed E-state index contributed by atoms with van der Waals surface area (Å²) in [6.45, 7) is 3.23. The van der Waals surface area contributed by atoms with Crippen molar-refractivity contribution in [3.63, 3.8) is 0 Å². The summed E-state index contributed by atoms with van der Waals surface area (Å²) in [6.07, 6.45) is 5.11. The normalized spacial score (nSPS) is 23.9. The molecular weight excluding hydrogens is 259 g/mol. The van der Waals surface area contributed by atoms with E-state index in [9.17, 15) is 4.39 Å². The van der Waals surface area contributed by atoms with Gasteiger partial charge in [-0.2, -0.15) is 0 Å². The highest BCUT2D eigenvalue weighted by Crippen LogP contribution is 2.30. The predicted octanol–water partition coefficient (Wildman–Crippen LogP) is 4.66. The van der Waals surface area contributed by atoms with Gasteiger partial charge in [-0.05, 0) is 55.1 Å². The van der Waals surface area contributed by atoms with E-state index in [1.165, 1.54) is 31.7 Å². The van der Waals surface area contributed by atoms with Crippen molar-refractivity contribution in [2.45, 2.75) is 39.2 Å². The molecule has 1 aliphatic carbocycles. The van der Waals surface area contributed by atoms with Crippen molar-refractivity contribution >= 4 is 23.3 Å². The molecule has 2 nitrogen and oxygen atoms in total. The van der Waals surface area contributed by atoms with Crippen LogP contribution in [-0.4, -0.2) is 9.55 Å². The van der Waals surface area contributed by atoms with E-state index in [0.717, 1.165) is 23.5 Å². The van der Waals surface area contributed by atoms with Gasteiger partial charge in [0.15, 0.2) is 4.77 Å². The van der Waals surface area contributed by atoms with Crippen molar-refractivity contribution in [3.8, 4) is 0 Å². The molecule has 0 atom stereocenters. The minimum atomic E-state index is -0.201. The molecule has 3 rings (SSSR count). The van der Waals surface area contributed by atoms with Gasteiger partial charge >= 0.3 is 0 Å². The Kier molecular flexibility index (Phi) is 3.44. The van der Waals surface area contributed by atoms with Crippen LogP contribution in [0.4, 0.5) is 4.39 Å². The van der Waals surface area contributed by atoms with Gasteiger partial charge < -0.3 is 9.55 Å². The highest BCUT2D eigenvalue weighted by Gasteiger charge is 2.19. The maximum absolute atomic E-state index is 13.4. The number of fused-ring (bicyclic) bond motifs is 1. The van der Waals surface area contributed by atoms with E-state index in [4.69, 9.17) is 12.2 Å². The maximum Gasteiger partial charge on any atom is 0.178 e. The van der Waals surface area contributed by atoms with Gasteiger partial charge in [0.2, 0.25) is 0 Å². The van der Waals surface area contributed by atoms with Crippen LogP contribution >= 0.6 is 12.2 Å². The van der Waals surface area contributed by atoms with Crippen LogP contribution < -0.4 is 0 Å². The molecule has 1 N–H and O–H groups in total. The van der Waals surface area contributed by atoms with Crippen LogP contribution in [0.2, 0.25) is 0 Å². The molecule has 1 aromatic heterocycles. The molecule has 0 bridgehead atoms. The zero-order valence-electron chi connectivity index (χ0n) is 11.2. The number of halogens is 1. The lowest BCUT2D eigenvalue weighted by Gasteiger charge is -2.26. The molecule has 1 saturated carbocycles. The van der Waals surface area contributed by atoms with Crippen molar-refractivity contribution in [2.24, 2.45) is 11.8 Å². The van der Waals surface area contributed by atoms with Crippen LogP contribution in [0.5, 0.6) is 0 Å². The SMILES string of the molecule is CC1CCC(Cn2c(=S)[nH]c3ccc(F)cc32)CC1. The molecule has 0 saturated heterocycles. The van der Waals surface area contributed by atoms with Gasteiger partial charge in [0.05, 0.1) is 11.0 Å². The van der Waals surface area contributed by atoms with Crippen molar-refractivity contribution in [1.29, 1.82) is 0 Å². The summed E-state index contributed by atoms with van der Waals surface area (Å²) < 4.78 is 16.2. The van der Waals surface area contributed by atoms with Crippen molar-refractivity contribution < 1.29 is 4.39 Å². The van der Waals surface area contributed by atoms with Crippen LogP contribution in [0, 0.1) is 22.4 Å². The highest BCUT2D eigenvalue weighted by molar-refractivity contribution is 7.71. The van der Waals surface area contributed by atoms with Gasteiger partial charge in [-0.3, -0.25) is 0 Å².